The van der Waals surface area contributed by atoms with Gasteiger partial charge in [-0.1, -0.05) is 0 Å². The predicted octanol–water partition coefficient (Wildman–Crippen LogP) is -1.09. The van der Waals surface area contributed by atoms with E-state index >= 15 is 0 Å². The Morgan fingerprint density at radius 2 is 2.00 bits per heavy atom. The number of likely N-dealkylation sites (N-methyl/N-ethyl adjacent to an activating group) is 1. The lowest BCUT2D eigenvalue weighted by atomic mass is 9.90. The number of aliphatic hydroxyl groups is 1. The summed E-state index contributed by atoms with van der Waals surface area (Å²) in [4.78, 5) is 0. The summed E-state index contributed by atoms with van der Waals surface area (Å²) in [6, 6.07) is 0.353. The van der Waals surface area contributed by atoms with Gasteiger partial charge in [-0.2, -0.15) is 0 Å². The third kappa shape index (κ3) is 6.73. The molecule has 2 rings (SSSR count). The molecule has 25 heavy (non-hydrogen) atoms. The van der Waals surface area contributed by atoms with Gasteiger partial charge in [0.05, 0.1) is 30.6 Å². The van der Waals surface area contributed by atoms with Crippen LogP contribution in [0.1, 0.15) is 32.6 Å². The van der Waals surface area contributed by atoms with Crippen molar-refractivity contribution in [2.45, 2.75) is 68.9 Å². The van der Waals surface area contributed by atoms with Gasteiger partial charge in [0.2, 0.25) is 0 Å². The molecule has 8 nitrogen and oxygen atoms in total. The summed E-state index contributed by atoms with van der Waals surface area (Å²) in [5, 5.41) is 27.2. The molecule has 0 aromatic rings. The van der Waals surface area contributed by atoms with Crippen molar-refractivity contribution in [3.8, 4) is 0 Å². The zero-order chi connectivity index (χ0) is 18.3. The Morgan fingerprint density at radius 3 is 2.68 bits per heavy atom. The Balaban J connectivity index is 1.84. The summed E-state index contributed by atoms with van der Waals surface area (Å²) in [7, 11) is 5.54. The van der Waals surface area contributed by atoms with E-state index in [1.54, 1.807) is 14.0 Å². The predicted molar refractivity (Wildman–Crippen MR) is 98.3 cm³/mol. The van der Waals surface area contributed by atoms with E-state index in [4.69, 9.17) is 9.47 Å². The van der Waals surface area contributed by atoms with Gasteiger partial charge >= 0.3 is 0 Å². The molecule has 0 radical (unpaired) electrons. The minimum atomic E-state index is -0.875. The van der Waals surface area contributed by atoms with Gasteiger partial charge in [0.25, 0.3) is 0 Å². The first-order valence-electron chi connectivity index (χ1n) is 9.41. The quantitative estimate of drug-likeness (QED) is 0.309. The second-order valence-electron chi connectivity index (χ2n) is 7.51. The van der Waals surface area contributed by atoms with Crippen LogP contribution in [0.15, 0.2) is 0 Å². The first-order chi connectivity index (χ1) is 12.0. The monoisotopic (exact) mass is 359 g/mol. The van der Waals surface area contributed by atoms with Crippen LogP contribution in [0.2, 0.25) is 0 Å². The van der Waals surface area contributed by atoms with Crippen molar-refractivity contribution in [3.63, 3.8) is 0 Å². The molecule has 0 spiro atoms. The molecule has 2 aliphatic rings. The summed E-state index contributed by atoms with van der Waals surface area (Å²) in [5.74, 6) is 0. The fourth-order valence-corrected chi connectivity index (χ4v) is 3.70. The smallest absolute Gasteiger partial charge is 0.113 e. The van der Waals surface area contributed by atoms with Crippen molar-refractivity contribution in [2.24, 2.45) is 0 Å². The molecule has 6 unspecified atom stereocenters. The number of nitrogens with one attached hydrogen (secondary N) is 5. The van der Waals surface area contributed by atoms with Crippen molar-refractivity contribution in [3.05, 3.63) is 0 Å². The van der Waals surface area contributed by atoms with Crippen molar-refractivity contribution in [2.75, 3.05) is 40.9 Å². The molecule has 6 N–H and O–H groups in total. The van der Waals surface area contributed by atoms with Crippen molar-refractivity contribution >= 4 is 0 Å². The van der Waals surface area contributed by atoms with Crippen LogP contribution in [-0.2, 0) is 9.47 Å². The molecular weight excluding hydrogens is 322 g/mol. The van der Waals surface area contributed by atoms with Crippen LogP contribution >= 0.6 is 0 Å². The number of hydrogen-bond acceptors (Lipinski definition) is 8. The minimum absolute atomic E-state index is 0.0109. The summed E-state index contributed by atoms with van der Waals surface area (Å²) in [5.41, 5.74) is -0.875. The summed E-state index contributed by atoms with van der Waals surface area (Å²) in [6.45, 7) is 3.57. The molecule has 0 bridgehead atoms. The van der Waals surface area contributed by atoms with Gasteiger partial charge in [-0.25, -0.2) is 0 Å². The number of methoxy groups -OCH3 is 1. The van der Waals surface area contributed by atoms with Gasteiger partial charge in [-0.15, -0.1) is 0 Å². The van der Waals surface area contributed by atoms with Crippen LogP contribution in [0.25, 0.3) is 0 Å². The Hall–Kier alpha value is -0.320. The third-order valence-electron chi connectivity index (χ3n) is 5.10. The van der Waals surface area contributed by atoms with E-state index in [-0.39, 0.29) is 18.5 Å². The molecule has 6 atom stereocenters. The molecule has 8 heteroatoms. The van der Waals surface area contributed by atoms with Gasteiger partial charge in [0.15, 0.2) is 0 Å². The average molecular weight is 360 g/mol. The Labute approximate surface area is 151 Å². The van der Waals surface area contributed by atoms with E-state index in [0.29, 0.717) is 25.4 Å². The summed E-state index contributed by atoms with van der Waals surface area (Å²) >= 11 is 0. The molecule has 0 aromatic carbocycles. The SMILES string of the molecule is CNCC(C)(O)COC1CC(NC2NCCC(NC)N2)CCC1OC. The zero-order valence-corrected chi connectivity index (χ0v) is 16.1. The van der Waals surface area contributed by atoms with E-state index in [1.165, 1.54) is 0 Å². The highest BCUT2D eigenvalue weighted by Crippen LogP contribution is 2.25. The summed E-state index contributed by atoms with van der Waals surface area (Å²) in [6.07, 6.45) is 4.45. The maximum atomic E-state index is 10.3. The third-order valence-corrected chi connectivity index (χ3v) is 5.10. The van der Waals surface area contributed by atoms with Gasteiger partial charge in [-0.05, 0) is 46.7 Å². The highest BCUT2D eigenvalue weighted by molar-refractivity contribution is 4.89. The van der Waals surface area contributed by atoms with E-state index in [2.05, 4.69) is 26.6 Å². The summed E-state index contributed by atoms with van der Waals surface area (Å²) < 4.78 is 11.7. The van der Waals surface area contributed by atoms with Gasteiger partial charge in [0.1, 0.15) is 6.29 Å². The second-order valence-corrected chi connectivity index (χ2v) is 7.51. The maximum Gasteiger partial charge on any atom is 0.113 e. The van der Waals surface area contributed by atoms with E-state index in [0.717, 1.165) is 32.2 Å². The maximum absolute atomic E-state index is 10.3. The highest BCUT2D eigenvalue weighted by atomic mass is 16.5. The fraction of sp³-hybridized carbons (Fsp3) is 1.00. The zero-order valence-electron chi connectivity index (χ0n) is 16.1. The van der Waals surface area contributed by atoms with Gasteiger partial charge < -0.3 is 25.2 Å². The Bertz CT molecular complexity index is 385. The first-order valence-corrected chi connectivity index (χ1v) is 9.41. The van der Waals surface area contributed by atoms with Crippen molar-refractivity contribution in [1.29, 1.82) is 0 Å². The van der Waals surface area contributed by atoms with Crippen LogP contribution in [0.3, 0.4) is 0 Å². The standard InChI is InChI=1S/C17H37N5O3/c1-17(23,10-18-2)11-25-14-9-12(5-6-13(14)24-4)21-16-20-8-7-15(19-3)22-16/h12-16,18-23H,5-11H2,1-4H3. The molecule has 1 saturated heterocycles. The average Bonchev–Trinajstić information content (AvgIpc) is 2.60. The number of ether oxygens (including phenoxy) is 2. The molecule has 1 aliphatic carbocycles. The minimum Gasteiger partial charge on any atom is -0.386 e. The first kappa shape index (κ1) is 21.0. The molecular formula is C17H37N5O3. The fourth-order valence-electron chi connectivity index (χ4n) is 3.70. The Kier molecular flexibility index (Phi) is 8.50. The molecule has 1 heterocycles. The van der Waals surface area contributed by atoms with Crippen molar-refractivity contribution < 1.29 is 14.6 Å². The van der Waals surface area contributed by atoms with Crippen molar-refractivity contribution in [1.82, 2.24) is 26.6 Å². The second kappa shape index (κ2) is 10.1. The lowest BCUT2D eigenvalue weighted by molar-refractivity contribution is -0.122. The number of hydrogen-bond donors (Lipinski definition) is 6. The van der Waals surface area contributed by atoms with E-state index < -0.39 is 5.60 Å². The van der Waals surface area contributed by atoms with E-state index in [9.17, 15) is 5.11 Å². The van der Waals surface area contributed by atoms with Gasteiger partial charge in [0, 0.05) is 26.2 Å². The topological polar surface area (TPSA) is 98.8 Å². The lowest BCUT2D eigenvalue weighted by Crippen LogP contribution is -2.66. The Morgan fingerprint density at radius 1 is 1.20 bits per heavy atom. The van der Waals surface area contributed by atoms with Crippen LogP contribution in [0.5, 0.6) is 0 Å². The van der Waals surface area contributed by atoms with Crippen LogP contribution < -0.4 is 26.6 Å². The molecule has 2 fully saturated rings. The molecule has 0 amide bonds. The molecule has 0 aromatic heterocycles. The lowest BCUT2D eigenvalue weighted by Gasteiger charge is -2.40. The number of rotatable bonds is 9. The normalized spacial score (nSPS) is 36.1. The molecule has 1 aliphatic heterocycles. The molecule has 1 saturated carbocycles. The highest BCUT2D eigenvalue weighted by Gasteiger charge is 2.34. The van der Waals surface area contributed by atoms with Gasteiger partial charge in [-0.3, -0.25) is 16.0 Å². The molecule has 148 valence electrons. The van der Waals surface area contributed by atoms with Crippen LogP contribution in [0.4, 0.5) is 0 Å². The largest absolute Gasteiger partial charge is 0.386 e. The van der Waals surface area contributed by atoms with E-state index in [1.807, 2.05) is 14.1 Å². The van der Waals surface area contributed by atoms with Crippen LogP contribution in [-0.4, -0.2) is 82.3 Å². The van der Waals surface area contributed by atoms with Crippen LogP contribution in [0, 0.1) is 0 Å².